The molecule has 28 heavy (non-hydrogen) atoms. The summed E-state index contributed by atoms with van der Waals surface area (Å²) in [5.41, 5.74) is 1.37. The molecule has 0 bridgehead atoms. The van der Waals surface area contributed by atoms with Crippen LogP contribution in [0.5, 0.6) is 11.5 Å². The fourth-order valence-corrected chi connectivity index (χ4v) is 3.25. The third kappa shape index (κ3) is 4.58. The van der Waals surface area contributed by atoms with E-state index in [9.17, 15) is 23.8 Å². The summed E-state index contributed by atoms with van der Waals surface area (Å²) >= 11 is 0. The average molecular weight is 393 g/mol. The molecule has 3 rings (SSSR count). The zero-order valence-electron chi connectivity index (χ0n) is 15.7. The maximum absolute atomic E-state index is 13.4. The minimum Gasteiger partial charge on any atom is -0.508 e. The number of benzene rings is 2. The molecule has 1 aliphatic rings. The first-order valence-electron chi connectivity index (χ1n) is 8.88. The Hall–Kier alpha value is -2.71. The molecule has 6 nitrogen and oxygen atoms in total. The lowest BCUT2D eigenvalue weighted by molar-refractivity contribution is -0.893. The lowest BCUT2D eigenvalue weighted by Gasteiger charge is -2.33. The molecule has 0 fully saturated rings. The fourth-order valence-electron chi connectivity index (χ4n) is 3.25. The Morgan fingerprint density at radius 2 is 1.96 bits per heavy atom. The monoisotopic (exact) mass is 393 g/mol. The number of amides is 1. The van der Waals surface area contributed by atoms with Crippen molar-refractivity contribution < 1.29 is 33.0 Å². The van der Waals surface area contributed by atoms with E-state index in [0.717, 1.165) is 6.07 Å². The normalized spacial score (nSPS) is 14.8. The fraction of sp³-hybridized carbons (Fsp3) is 0.350. The number of likely N-dealkylation sites (N-methyl/N-ethyl adjacent to an activating group) is 1. The van der Waals surface area contributed by atoms with E-state index in [0.29, 0.717) is 40.0 Å². The number of fused-ring (bicyclic) bond motifs is 1. The van der Waals surface area contributed by atoms with Crippen molar-refractivity contribution in [1.82, 2.24) is 0 Å². The van der Waals surface area contributed by atoms with E-state index in [-0.39, 0.29) is 24.8 Å². The Morgan fingerprint density at radius 3 is 2.68 bits per heavy atom. The number of phenols is 1. The van der Waals surface area contributed by atoms with Crippen LogP contribution in [0.2, 0.25) is 0 Å². The Morgan fingerprint density at radius 1 is 1.21 bits per heavy atom. The highest BCUT2D eigenvalue weighted by atomic mass is 19.2. The van der Waals surface area contributed by atoms with Gasteiger partial charge in [-0.15, -0.1) is 0 Å². The van der Waals surface area contributed by atoms with Crippen LogP contribution >= 0.6 is 0 Å². The van der Waals surface area contributed by atoms with Crippen molar-refractivity contribution in [3.8, 4) is 11.5 Å². The second kappa shape index (κ2) is 7.73. The first-order chi connectivity index (χ1) is 13.1. The van der Waals surface area contributed by atoms with E-state index >= 15 is 0 Å². The van der Waals surface area contributed by atoms with E-state index in [2.05, 4.69) is 5.32 Å². The van der Waals surface area contributed by atoms with Crippen molar-refractivity contribution >= 4 is 11.6 Å². The first-order valence-corrected chi connectivity index (χ1v) is 8.88. The molecule has 0 aliphatic carbocycles. The molecule has 0 saturated carbocycles. The molecule has 2 aromatic rings. The Labute approximate surface area is 161 Å². The van der Waals surface area contributed by atoms with Crippen LogP contribution in [0.3, 0.4) is 0 Å². The molecule has 150 valence electrons. The van der Waals surface area contributed by atoms with Crippen molar-refractivity contribution in [2.75, 3.05) is 39.1 Å². The zero-order valence-corrected chi connectivity index (χ0v) is 15.7. The average Bonchev–Trinajstić information content (AvgIpc) is 2.61. The number of nitrogens with zero attached hydrogens (tertiary/aromatic N) is 1. The number of hydrogen-bond donors (Lipinski definition) is 3. The third-order valence-electron chi connectivity index (χ3n) is 4.74. The predicted octanol–water partition coefficient (Wildman–Crippen LogP) is 2.35. The van der Waals surface area contributed by atoms with Gasteiger partial charge >= 0.3 is 0 Å². The summed E-state index contributed by atoms with van der Waals surface area (Å²) in [6.07, 6.45) is -0.461. The van der Waals surface area contributed by atoms with E-state index in [1.165, 1.54) is 24.3 Å². The Kier molecular flexibility index (Phi) is 5.53. The second-order valence-electron chi connectivity index (χ2n) is 7.60. The Balaban J connectivity index is 1.71. The van der Waals surface area contributed by atoms with Gasteiger partial charge in [-0.1, -0.05) is 6.07 Å². The quantitative estimate of drug-likeness (QED) is 0.659. The number of anilines is 1. The largest absolute Gasteiger partial charge is 0.508 e. The summed E-state index contributed by atoms with van der Waals surface area (Å²) < 4.78 is 32.3. The number of nitrogens with one attached hydrogen (secondary N) is 1. The van der Waals surface area contributed by atoms with Crippen LogP contribution < -0.4 is 10.1 Å². The SMILES string of the molecule is C[N+](C)(CCc1ccc(F)c(F)c1)CC(O)c1cc(O)cc2c1OCC(=O)N2. The van der Waals surface area contributed by atoms with Crippen LogP contribution in [0.15, 0.2) is 30.3 Å². The molecule has 1 atom stereocenters. The van der Waals surface area contributed by atoms with Crippen LogP contribution in [0.1, 0.15) is 17.2 Å². The van der Waals surface area contributed by atoms with Gasteiger partial charge in [0.1, 0.15) is 24.1 Å². The number of ether oxygens (including phenoxy) is 1. The number of hydrogen-bond acceptors (Lipinski definition) is 4. The molecule has 8 heteroatoms. The van der Waals surface area contributed by atoms with Gasteiger partial charge in [0.15, 0.2) is 18.2 Å². The summed E-state index contributed by atoms with van der Waals surface area (Å²) in [4.78, 5) is 11.5. The minimum atomic E-state index is -0.962. The number of phenolic OH excluding ortho intramolecular Hbond substituents is 1. The molecule has 2 aromatic carbocycles. The highest BCUT2D eigenvalue weighted by Crippen LogP contribution is 2.39. The third-order valence-corrected chi connectivity index (χ3v) is 4.74. The number of carbonyl (C=O) groups excluding carboxylic acids is 1. The summed E-state index contributed by atoms with van der Waals surface area (Å²) in [6.45, 7) is 0.698. The van der Waals surface area contributed by atoms with Crippen LogP contribution in [0.25, 0.3) is 0 Å². The summed E-state index contributed by atoms with van der Waals surface area (Å²) in [5, 5.41) is 23.3. The van der Waals surface area contributed by atoms with Gasteiger partial charge in [-0.25, -0.2) is 8.78 Å². The predicted molar refractivity (Wildman–Crippen MR) is 99.1 cm³/mol. The lowest BCUT2D eigenvalue weighted by atomic mass is 10.0. The maximum Gasteiger partial charge on any atom is 0.262 e. The highest BCUT2D eigenvalue weighted by molar-refractivity contribution is 5.96. The van der Waals surface area contributed by atoms with Crippen molar-refractivity contribution in [1.29, 1.82) is 0 Å². The molecular formula is C20H23F2N2O4+. The van der Waals surface area contributed by atoms with Gasteiger partial charge in [0, 0.05) is 18.1 Å². The van der Waals surface area contributed by atoms with E-state index in [1.54, 1.807) is 0 Å². The highest BCUT2D eigenvalue weighted by Gasteiger charge is 2.28. The van der Waals surface area contributed by atoms with Gasteiger partial charge in [0.05, 0.1) is 26.3 Å². The number of carbonyl (C=O) groups is 1. The van der Waals surface area contributed by atoms with Gasteiger partial charge in [0.25, 0.3) is 5.91 Å². The maximum atomic E-state index is 13.4. The summed E-state index contributed by atoms with van der Waals surface area (Å²) in [6, 6.07) is 6.59. The molecule has 0 radical (unpaired) electrons. The van der Waals surface area contributed by atoms with E-state index < -0.39 is 17.7 Å². The van der Waals surface area contributed by atoms with Crippen molar-refractivity contribution in [2.45, 2.75) is 12.5 Å². The van der Waals surface area contributed by atoms with E-state index in [4.69, 9.17) is 4.74 Å². The van der Waals surface area contributed by atoms with Gasteiger partial charge in [-0.3, -0.25) is 4.79 Å². The van der Waals surface area contributed by atoms with Crippen LogP contribution in [-0.2, 0) is 11.2 Å². The number of aliphatic hydroxyl groups excluding tert-OH is 1. The molecule has 1 amide bonds. The van der Waals surface area contributed by atoms with Crippen molar-refractivity contribution in [3.05, 3.63) is 53.1 Å². The molecule has 1 aliphatic heterocycles. The van der Waals surface area contributed by atoms with E-state index in [1.807, 2.05) is 14.1 Å². The van der Waals surface area contributed by atoms with Crippen molar-refractivity contribution in [2.24, 2.45) is 0 Å². The number of rotatable bonds is 6. The summed E-state index contributed by atoms with van der Waals surface area (Å²) in [7, 11) is 3.81. The number of aromatic hydroxyl groups is 1. The van der Waals surface area contributed by atoms with Crippen LogP contribution in [0, 0.1) is 11.6 Å². The second-order valence-corrected chi connectivity index (χ2v) is 7.60. The number of aliphatic hydroxyl groups is 1. The topological polar surface area (TPSA) is 78.8 Å². The molecule has 0 saturated heterocycles. The smallest absolute Gasteiger partial charge is 0.262 e. The standard InChI is InChI=1S/C20H22F2N2O4/c1-24(2,6-5-12-3-4-15(21)16(22)7-12)10-18(26)14-8-13(25)9-17-20(14)28-11-19(27)23-17/h3-4,7-9,18,26H,5-6,10-11H2,1-2H3,(H-,23,25,27)/p+1. The zero-order chi connectivity index (χ0) is 20.5. The molecule has 0 spiro atoms. The first kappa shape index (κ1) is 20.0. The number of quaternary nitrogens is 1. The van der Waals surface area contributed by atoms with Crippen LogP contribution in [0.4, 0.5) is 14.5 Å². The van der Waals surface area contributed by atoms with Crippen LogP contribution in [-0.4, -0.2) is 54.4 Å². The summed E-state index contributed by atoms with van der Waals surface area (Å²) in [5.74, 6) is -1.85. The number of halogens is 2. The molecule has 1 heterocycles. The van der Waals surface area contributed by atoms with Gasteiger partial charge in [0.2, 0.25) is 0 Å². The molecule has 3 N–H and O–H groups in total. The molecule has 1 unspecified atom stereocenters. The van der Waals surface area contributed by atoms with Gasteiger partial charge < -0.3 is 24.7 Å². The van der Waals surface area contributed by atoms with Gasteiger partial charge in [-0.05, 0) is 23.8 Å². The Bertz CT molecular complexity index is 902. The lowest BCUT2D eigenvalue weighted by Crippen LogP contribution is -2.44. The van der Waals surface area contributed by atoms with Gasteiger partial charge in [-0.2, -0.15) is 0 Å². The van der Waals surface area contributed by atoms with Crippen molar-refractivity contribution in [3.63, 3.8) is 0 Å². The molecule has 0 aromatic heterocycles. The molecular weight excluding hydrogens is 370 g/mol. The minimum absolute atomic E-state index is 0.0920.